The molecular weight excluding hydrogens is 220 g/mol. The van der Waals surface area contributed by atoms with Crippen LogP contribution in [-0.2, 0) is 4.79 Å². The molecule has 1 aliphatic rings. The van der Waals surface area contributed by atoms with Gasteiger partial charge < -0.3 is 15.7 Å². The van der Waals surface area contributed by atoms with Crippen molar-refractivity contribution < 1.29 is 14.7 Å². The van der Waals surface area contributed by atoms with E-state index >= 15 is 0 Å². The molecule has 0 aromatic carbocycles. The Morgan fingerprint density at radius 2 is 2.29 bits per heavy atom. The van der Waals surface area contributed by atoms with E-state index < -0.39 is 18.0 Å². The molecule has 0 aliphatic heterocycles. The molecule has 0 spiro atoms. The van der Waals surface area contributed by atoms with Crippen LogP contribution in [0.2, 0.25) is 0 Å². The summed E-state index contributed by atoms with van der Waals surface area (Å²) in [6.45, 7) is 0. The number of urea groups is 1. The zero-order chi connectivity index (χ0) is 12.7. The zero-order valence-corrected chi connectivity index (χ0v) is 9.48. The van der Waals surface area contributed by atoms with Crippen LogP contribution in [0.3, 0.4) is 0 Å². The van der Waals surface area contributed by atoms with E-state index in [4.69, 9.17) is 11.5 Å². The second kappa shape index (κ2) is 6.59. The Kier molecular flexibility index (Phi) is 5.08. The fourth-order valence-electron chi connectivity index (χ4n) is 1.63. The van der Waals surface area contributed by atoms with Gasteiger partial charge in [0.15, 0.2) is 0 Å². The summed E-state index contributed by atoms with van der Waals surface area (Å²) >= 11 is 0. The van der Waals surface area contributed by atoms with E-state index in [9.17, 15) is 9.59 Å². The Labute approximate surface area is 100 Å². The lowest BCUT2D eigenvalue weighted by Crippen LogP contribution is -2.49. The van der Waals surface area contributed by atoms with Gasteiger partial charge in [-0.1, -0.05) is 12.2 Å². The highest BCUT2D eigenvalue weighted by Crippen LogP contribution is 2.10. The minimum atomic E-state index is -1.12. The normalized spacial score (nSPS) is 20.1. The van der Waals surface area contributed by atoms with Crippen LogP contribution in [-0.4, -0.2) is 29.2 Å². The van der Waals surface area contributed by atoms with Crippen LogP contribution in [0.1, 0.15) is 25.7 Å². The molecule has 5 nitrogen and oxygen atoms in total. The fourth-order valence-corrected chi connectivity index (χ4v) is 1.63. The molecule has 0 saturated heterocycles. The molecule has 0 saturated carbocycles. The Balaban J connectivity index is 2.39. The van der Waals surface area contributed by atoms with E-state index in [1.54, 1.807) is 0 Å². The van der Waals surface area contributed by atoms with E-state index in [0.717, 1.165) is 19.3 Å². The highest BCUT2D eigenvalue weighted by molar-refractivity contribution is 5.82. The first-order chi connectivity index (χ1) is 8.13. The summed E-state index contributed by atoms with van der Waals surface area (Å²) in [7, 11) is 0. The lowest BCUT2D eigenvalue weighted by atomic mass is 10.0. The molecule has 0 aromatic rings. The zero-order valence-electron chi connectivity index (χ0n) is 9.48. The molecule has 0 fully saturated rings. The van der Waals surface area contributed by atoms with Gasteiger partial charge >= 0.3 is 12.0 Å². The minimum absolute atomic E-state index is 0.0205. The van der Waals surface area contributed by atoms with E-state index in [2.05, 4.69) is 22.6 Å². The number of carboxylic acids is 1. The van der Waals surface area contributed by atoms with Crippen LogP contribution in [0, 0.1) is 12.3 Å². The maximum atomic E-state index is 11.5. The molecule has 2 amide bonds. The number of terminal acetylenes is 1. The lowest BCUT2D eigenvalue weighted by Gasteiger charge is -2.21. The van der Waals surface area contributed by atoms with Gasteiger partial charge in [0, 0.05) is 12.5 Å². The summed E-state index contributed by atoms with van der Waals surface area (Å²) in [5.41, 5.74) is 0. The minimum Gasteiger partial charge on any atom is -0.480 e. The van der Waals surface area contributed by atoms with Gasteiger partial charge in [-0.15, -0.1) is 12.3 Å². The Hall–Kier alpha value is -1.96. The quantitative estimate of drug-likeness (QED) is 0.500. The topological polar surface area (TPSA) is 78.4 Å². The van der Waals surface area contributed by atoms with Crippen molar-refractivity contribution in [3.8, 4) is 12.3 Å². The van der Waals surface area contributed by atoms with Crippen LogP contribution in [0.15, 0.2) is 12.2 Å². The Morgan fingerprint density at radius 1 is 1.53 bits per heavy atom. The second-order valence-corrected chi connectivity index (χ2v) is 3.90. The second-order valence-electron chi connectivity index (χ2n) is 3.90. The molecular formula is C12H16N2O3. The molecule has 5 heteroatoms. The van der Waals surface area contributed by atoms with Crippen LogP contribution < -0.4 is 10.6 Å². The largest absolute Gasteiger partial charge is 0.480 e. The van der Waals surface area contributed by atoms with Gasteiger partial charge in [0.25, 0.3) is 0 Å². The maximum Gasteiger partial charge on any atom is 0.327 e. The van der Waals surface area contributed by atoms with Gasteiger partial charge in [0.2, 0.25) is 0 Å². The van der Waals surface area contributed by atoms with E-state index in [1.165, 1.54) is 0 Å². The summed E-state index contributed by atoms with van der Waals surface area (Å²) in [5.74, 6) is 1.10. The van der Waals surface area contributed by atoms with Crippen molar-refractivity contribution in [1.29, 1.82) is 0 Å². The number of allylic oxidation sites excluding steroid dienone is 1. The number of carbonyl (C=O) groups excluding carboxylic acids is 1. The molecule has 0 bridgehead atoms. The van der Waals surface area contributed by atoms with Gasteiger partial charge in [-0.25, -0.2) is 9.59 Å². The molecule has 0 radical (unpaired) electrons. The molecule has 3 N–H and O–H groups in total. The van der Waals surface area contributed by atoms with Gasteiger partial charge in [-0.05, 0) is 19.3 Å². The monoisotopic (exact) mass is 236 g/mol. The molecule has 0 heterocycles. The van der Waals surface area contributed by atoms with Crippen molar-refractivity contribution in [2.45, 2.75) is 37.8 Å². The number of hydrogen-bond donors (Lipinski definition) is 3. The first-order valence-corrected chi connectivity index (χ1v) is 5.51. The summed E-state index contributed by atoms with van der Waals surface area (Å²) in [6.07, 6.45) is 11.7. The summed E-state index contributed by atoms with van der Waals surface area (Å²) in [5, 5.41) is 13.9. The molecule has 2 unspecified atom stereocenters. The maximum absolute atomic E-state index is 11.5. The predicted octanol–water partition coefficient (Wildman–Crippen LogP) is 0.871. The first-order valence-electron chi connectivity index (χ1n) is 5.51. The fraction of sp³-hybridized carbons (Fsp3) is 0.500. The highest BCUT2D eigenvalue weighted by atomic mass is 16.4. The third-order valence-electron chi connectivity index (χ3n) is 2.53. The van der Waals surface area contributed by atoms with Crippen LogP contribution in [0.5, 0.6) is 0 Å². The molecule has 92 valence electrons. The number of aliphatic carboxylic acids is 1. The van der Waals surface area contributed by atoms with E-state index in [1.807, 2.05) is 6.08 Å². The Bertz CT molecular complexity index is 357. The third-order valence-corrected chi connectivity index (χ3v) is 2.53. The number of carboxylic acid groups (broad SMARTS) is 1. The van der Waals surface area contributed by atoms with Crippen molar-refractivity contribution in [2.24, 2.45) is 0 Å². The van der Waals surface area contributed by atoms with Gasteiger partial charge in [-0.2, -0.15) is 0 Å². The predicted molar refractivity (Wildman–Crippen MR) is 63.3 cm³/mol. The van der Waals surface area contributed by atoms with Crippen LogP contribution >= 0.6 is 0 Å². The van der Waals surface area contributed by atoms with Crippen molar-refractivity contribution in [1.82, 2.24) is 10.6 Å². The lowest BCUT2D eigenvalue weighted by molar-refractivity contribution is -0.139. The number of rotatable bonds is 4. The summed E-state index contributed by atoms with van der Waals surface area (Å²) < 4.78 is 0. The molecule has 1 aliphatic carbocycles. The third kappa shape index (κ3) is 4.60. The van der Waals surface area contributed by atoms with Crippen LogP contribution in [0.4, 0.5) is 4.79 Å². The number of nitrogens with one attached hydrogen (secondary N) is 2. The number of carbonyl (C=O) groups is 2. The number of hydrogen-bond acceptors (Lipinski definition) is 2. The van der Waals surface area contributed by atoms with Gasteiger partial charge in [0.1, 0.15) is 6.04 Å². The van der Waals surface area contributed by atoms with Crippen molar-refractivity contribution >= 4 is 12.0 Å². The van der Waals surface area contributed by atoms with E-state index in [-0.39, 0.29) is 12.5 Å². The average molecular weight is 236 g/mol. The van der Waals surface area contributed by atoms with E-state index in [0.29, 0.717) is 0 Å². The first kappa shape index (κ1) is 13.1. The molecule has 2 atom stereocenters. The van der Waals surface area contributed by atoms with Gasteiger partial charge in [0.05, 0.1) is 0 Å². The highest BCUT2D eigenvalue weighted by Gasteiger charge is 2.20. The molecule has 17 heavy (non-hydrogen) atoms. The standard InChI is InChI=1S/C12H16N2O3/c1-2-6-10(11(15)16)14-12(17)13-9-7-4-3-5-8-9/h1,3-4,9-10H,5-8H2,(H,15,16)(H2,13,14,17). The SMILES string of the molecule is C#CCC(NC(=O)NC1CC=CCC1)C(=O)O. The smallest absolute Gasteiger partial charge is 0.327 e. The molecule has 0 aromatic heterocycles. The van der Waals surface area contributed by atoms with Gasteiger partial charge in [-0.3, -0.25) is 0 Å². The van der Waals surface area contributed by atoms with Crippen molar-refractivity contribution in [2.75, 3.05) is 0 Å². The van der Waals surface area contributed by atoms with Crippen molar-refractivity contribution in [3.63, 3.8) is 0 Å². The average Bonchev–Trinajstić information content (AvgIpc) is 2.29. The Morgan fingerprint density at radius 3 is 2.82 bits per heavy atom. The summed E-state index contributed by atoms with van der Waals surface area (Å²) in [4.78, 5) is 22.3. The summed E-state index contributed by atoms with van der Waals surface area (Å²) in [6, 6.07) is -1.44. The van der Waals surface area contributed by atoms with Crippen LogP contribution in [0.25, 0.3) is 0 Å². The van der Waals surface area contributed by atoms with Crippen molar-refractivity contribution in [3.05, 3.63) is 12.2 Å². The number of amides is 2. The molecule has 1 rings (SSSR count).